The number of nitrogens with one attached hydrogen (secondary N) is 2. The van der Waals surface area contributed by atoms with Crippen molar-refractivity contribution in [3.63, 3.8) is 0 Å². The molecule has 1 heterocycles. The van der Waals surface area contributed by atoms with E-state index in [2.05, 4.69) is 15.6 Å². The standard InChI is InChI=1S/C27H24ClN3O2S2/c1-17-25(20-7-4-3-5-8-20)30-27(35-17)31-26(33)18(2)34-23-10-6-9-22(16-23)29-24(32)15-19-11-13-21(28)14-12-19/h3-14,16,18H,15H2,1-2H3,(H,29,32)(H,30,31,33). The Morgan fingerprint density at radius 3 is 2.49 bits per heavy atom. The Balaban J connectivity index is 1.34. The molecule has 0 saturated carbocycles. The molecule has 2 amide bonds. The van der Waals surface area contributed by atoms with Gasteiger partial charge in [-0.25, -0.2) is 4.98 Å². The summed E-state index contributed by atoms with van der Waals surface area (Å²) in [5, 5.41) is 6.73. The van der Waals surface area contributed by atoms with Gasteiger partial charge in [-0.05, 0) is 49.7 Å². The highest BCUT2D eigenvalue weighted by molar-refractivity contribution is 8.00. The highest BCUT2D eigenvalue weighted by Crippen LogP contribution is 2.31. The van der Waals surface area contributed by atoms with Gasteiger partial charge >= 0.3 is 0 Å². The minimum Gasteiger partial charge on any atom is -0.326 e. The largest absolute Gasteiger partial charge is 0.326 e. The number of amides is 2. The zero-order chi connectivity index (χ0) is 24.8. The Labute approximate surface area is 218 Å². The second kappa shape index (κ2) is 11.5. The average Bonchev–Trinajstić information content (AvgIpc) is 3.21. The van der Waals surface area contributed by atoms with Crippen LogP contribution in [0.15, 0.2) is 83.8 Å². The summed E-state index contributed by atoms with van der Waals surface area (Å²) in [6.07, 6.45) is 0.256. The minimum absolute atomic E-state index is 0.117. The molecular formula is C27H24ClN3O2S2. The van der Waals surface area contributed by atoms with Crippen LogP contribution in [-0.4, -0.2) is 22.0 Å². The van der Waals surface area contributed by atoms with Gasteiger partial charge in [-0.2, -0.15) is 0 Å². The van der Waals surface area contributed by atoms with E-state index < -0.39 is 0 Å². The van der Waals surface area contributed by atoms with Crippen LogP contribution in [0.4, 0.5) is 10.8 Å². The predicted molar refractivity (Wildman–Crippen MR) is 146 cm³/mol. The van der Waals surface area contributed by atoms with E-state index in [-0.39, 0.29) is 23.5 Å². The van der Waals surface area contributed by atoms with Crippen LogP contribution in [0.1, 0.15) is 17.4 Å². The van der Waals surface area contributed by atoms with Crippen LogP contribution in [0.2, 0.25) is 5.02 Å². The van der Waals surface area contributed by atoms with Gasteiger partial charge in [0.1, 0.15) is 0 Å². The third-order valence-electron chi connectivity index (χ3n) is 5.15. The first-order valence-corrected chi connectivity index (χ1v) is 13.1. The molecule has 0 aliphatic heterocycles. The van der Waals surface area contributed by atoms with Crippen LogP contribution in [0, 0.1) is 6.92 Å². The van der Waals surface area contributed by atoms with Crippen LogP contribution in [0.5, 0.6) is 0 Å². The van der Waals surface area contributed by atoms with Gasteiger partial charge in [0.15, 0.2) is 5.13 Å². The number of halogens is 1. The van der Waals surface area contributed by atoms with Gasteiger partial charge in [0.25, 0.3) is 0 Å². The van der Waals surface area contributed by atoms with E-state index in [1.54, 1.807) is 12.1 Å². The number of thiazole rings is 1. The molecule has 4 rings (SSSR count). The van der Waals surface area contributed by atoms with Crippen LogP contribution in [0.3, 0.4) is 0 Å². The zero-order valence-corrected chi connectivity index (χ0v) is 21.6. The van der Waals surface area contributed by atoms with E-state index in [1.165, 1.54) is 23.1 Å². The van der Waals surface area contributed by atoms with Crippen molar-refractivity contribution in [3.05, 3.63) is 94.3 Å². The van der Waals surface area contributed by atoms with E-state index in [1.807, 2.05) is 80.6 Å². The number of hydrogen-bond acceptors (Lipinski definition) is 5. The molecule has 0 aliphatic carbocycles. The zero-order valence-electron chi connectivity index (χ0n) is 19.2. The number of nitrogens with zero attached hydrogens (tertiary/aromatic N) is 1. The highest BCUT2D eigenvalue weighted by atomic mass is 35.5. The number of carbonyl (C=O) groups excluding carboxylic acids is 2. The maximum absolute atomic E-state index is 12.8. The molecule has 178 valence electrons. The maximum atomic E-state index is 12.8. The van der Waals surface area contributed by atoms with Gasteiger partial charge in [0, 0.05) is 26.0 Å². The fourth-order valence-corrected chi connectivity index (χ4v) is 5.31. The number of thioether (sulfide) groups is 1. The van der Waals surface area contributed by atoms with Crippen molar-refractivity contribution in [2.75, 3.05) is 10.6 Å². The summed E-state index contributed by atoms with van der Waals surface area (Å²) < 4.78 is 0. The number of carbonyl (C=O) groups is 2. The molecular weight excluding hydrogens is 498 g/mol. The second-order valence-corrected chi connectivity index (χ2v) is 11.0. The molecule has 3 aromatic carbocycles. The lowest BCUT2D eigenvalue weighted by Gasteiger charge is -2.12. The molecule has 1 aromatic heterocycles. The lowest BCUT2D eigenvalue weighted by Crippen LogP contribution is -2.22. The summed E-state index contributed by atoms with van der Waals surface area (Å²) in [6, 6.07) is 24.6. The third-order valence-corrected chi connectivity index (χ3v) is 7.38. The van der Waals surface area contributed by atoms with E-state index in [0.717, 1.165) is 26.6 Å². The van der Waals surface area contributed by atoms with Crippen molar-refractivity contribution < 1.29 is 9.59 Å². The van der Waals surface area contributed by atoms with E-state index in [4.69, 9.17) is 11.6 Å². The van der Waals surface area contributed by atoms with E-state index in [0.29, 0.717) is 15.8 Å². The lowest BCUT2D eigenvalue weighted by molar-refractivity contribution is -0.116. The van der Waals surface area contributed by atoms with Crippen molar-refractivity contribution in [1.29, 1.82) is 0 Å². The molecule has 4 aromatic rings. The maximum Gasteiger partial charge on any atom is 0.239 e. The fourth-order valence-electron chi connectivity index (χ4n) is 3.42. The monoisotopic (exact) mass is 521 g/mol. The summed E-state index contributed by atoms with van der Waals surface area (Å²) >= 11 is 8.79. The molecule has 8 heteroatoms. The van der Waals surface area contributed by atoms with Crippen molar-refractivity contribution >= 4 is 57.3 Å². The SMILES string of the molecule is Cc1sc(NC(=O)C(C)Sc2cccc(NC(=O)Cc3ccc(Cl)cc3)c2)nc1-c1ccccc1. The summed E-state index contributed by atoms with van der Waals surface area (Å²) in [7, 11) is 0. The van der Waals surface area contributed by atoms with Crippen LogP contribution >= 0.6 is 34.7 Å². The minimum atomic E-state index is -0.348. The van der Waals surface area contributed by atoms with E-state index >= 15 is 0 Å². The summed E-state index contributed by atoms with van der Waals surface area (Å²) in [4.78, 5) is 31.8. The predicted octanol–water partition coefficient (Wildman–Crippen LogP) is 7.07. The molecule has 0 fully saturated rings. The number of anilines is 2. The van der Waals surface area contributed by atoms with Crippen molar-refractivity contribution in [2.45, 2.75) is 30.4 Å². The first-order valence-electron chi connectivity index (χ1n) is 11.0. The molecule has 1 atom stereocenters. The van der Waals surface area contributed by atoms with Gasteiger partial charge in [-0.1, -0.05) is 60.1 Å². The van der Waals surface area contributed by atoms with Crippen molar-refractivity contribution in [1.82, 2.24) is 4.98 Å². The fraction of sp³-hybridized carbons (Fsp3) is 0.148. The quantitative estimate of drug-likeness (QED) is 0.243. The topological polar surface area (TPSA) is 71.1 Å². The number of hydrogen-bond donors (Lipinski definition) is 2. The smallest absolute Gasteiger partial charge is 0.239 e. The third kappa shape index (κ3) is 6.94. The van der Waals surface area contributed by atoms with Crippen LogP contribution in [0.25, 0.3) is 11.3 Å². The summed E-state index contributed by atoms with van der Waals surface area (Å²) in [6.45, 7) is 3.85. The molecule has 0 bridgehead atoms. The first kappa shape index (κ1) is 25.0. The Bertz CT molecular complexity index is 1320. The Morgan fingerprint density at radius 2 is 1.74 bits per heavy atom. The summed E-state index contributed by atoms with van der Waals surface area (Å²) in [5.74, 6) is -0.242. The van der Waals surface area contributed by atoms with Gasteiger partial charge in [-0.3, -0.25) is 9.59 Å². The molecule has 5 nitrogen and oxygen atoms in total. The molecule has 0 spiro atoms. The molecule has 35 heavy (non-hydrogen) atoms. The van der Waals surface area contributed by atoms with Gasteiger partial charge in [-0.15, -0.1) is 23.1 Å². The van der Waals surface area contributed by atoms with Crippen LogP contribution < -0.4 is 10.6 Å². The Morgan fingerprint density at radius 1 is 1.00 bits per heavy atom. The van der Waals surface area contributed by atoms with Crippen LogP contribution in [-0.2, 0) is 16.0 Å². The van der Waals surface area contributed by atoms with Gasteiger partial charge in [0.2, 0.25) is 11.8 Å². The number of rotatable bonds is 8. The molecule has 0 radical (unpaired) electrons. The molecule has 2 N–H and O–H groups in total. The van der Waals surface area contributed by atoms with E-state index in [9.17, 15) is 9.59 Å². The molecule has 1 unspecified atom stereocenters. The molecule has 0 saturated heterocycles. The normalized spacial score (nSPS) is 11.6. The number of benzene rings is 3. The number of aromatic nitrogens is 1. The lowest BCUT2D eigenvalue weighted by atomic mass is 10.1. The average molecular weight is 522 g/mol. The Kier molecular flexibility index (Phi) is 8.23. The van der Waals surface area contributed by atoms with Gasteiger partial charge < -0.3 is 10.6 Å². The Hall–Kier alpha value is -3.13. The highest BCUT2D eigenvalue weighted by Gasteiger charge is 2.18. The number of aryl methyl sites for hydroxylation is 1. The molecule has 0 aliphatic rings. The van der Waals surface area contributed by atoms with Gasteiger partial charge in [0.05, 0.1) is 17.4 Å². The van der Waals surface area contributed by atoms with Crippen molar-refractivity contribution in [3.8, 4) is 11.3 Å². The second-order valence-electron chi connectivity index (χ2n) is 7.92. The summed E-state index contributed by atoms with van der Waals surface area (Å²) in [5.41, 5.74) is 3.48. The first-order chi connectivity index (χ1) is 16.9. The van der Waals surface area contributed by atoms with Crippen molar-refractivity contribution in [2.24, 2.45) is 0 Å².